The van der Waals surface area contributed by atoms with Crippen LogP contribution >= 0.6 is 0 Å². The number of carbonyl (C=O) groups is 1. The van der Waals surface area contributed by atoms with Crippen molar-refractivity contribution in [1.29, 1.82) is 0 Å². The largest absolute Gasteiger partial charge is 0.464 e. The molecule has 0 amide bonds. The fraction of sp³-hybridized carbons (Fsp3) is 0.900. The van der Waals surface area contributed by atoms with Crippen LogP contribution in [0.5, 0.6) is 0 Å². The molecular formula is C10H18O4. The predicted molar refractivity (Wildman–Crippen MR) is 51.0 cm³/mol. The highest BCUT2D eigenvalue weighted by Gasteiger charge is 2.14. The molecule has 1 fully saturated rings. The zero-order chi connectivity index (χ0) is 10.2. The Kier molecular flexibility index (Phi) is 5.56. The molecule has 0 aliphatic carbocycles. The summed E-state index contributed by atoms with van der Waals surface area (Å²) in [7, 11) is 0. The molecule has 0 unspecified atom stereocenters. The van der Waals surface area contributed by atoms with Gasteiger partial charge in [0.25, 0.3) is 0 Å². The summed E-state index contributed by atoms with van der Waals surface area (Å²) >= 11 is 0. The first-order valence-electron chi connectivity index (χ1n) is 5.14. The first-order valence-corrected chi connectivity index (χ1v) is 5.14. The van der Waals surface area contributed by atoms with Crippen molar-refractivity contribution in [3.63, 3.8) is 0 Å². The highest BCUT2D eigenvalue weighted by Crippen LogP contribution is 2.14. The predicted octanol–water partition coefficient (Wildman–Crippen LogP) is 0.993. The summed E-state index contributed by atoms with van der Waals surface area (Å²) in [6.45, 7) is 4.55. The highest BCUT2D eigenvalue weighted by molar-refractivity contribution is 5.70. The zero-order valence-electron chi connectivity index (χ0n) is 8.66. The van der Waals surface area contributed by atoms with Crippen molar-refractivity contribution in [2.24, 2.45) is 5.92 Å². The average Bonchev–Trinajstić information content (AvgIpc) is 2.20. The minimum Gasteiger partial charge on any atom is -0.464 e. The standard InChI is InChI=1S/C10H18O4/c1-2-14-10(11)8-13-7-9-3-5-12-6-4-9/h9H,2-8H2,1H3. The van der Waals surface area contributed by atoms with Crippen molar-refractivity contribution < 1.29 is 19.0 Å². The molecule has 0 atom stereocenters. The second-order valence-corrected chi connectivity index (χ2v) is 3.38. The number of hydrogen-bond acceptors (Lipinski definition) is 4. The molecule has 1 heterocycles. The van der Waals surface area contributed by atoms with E-state index < -0.39 is 0 Å². The maximum absolute atomic E-state index is 10.9. The molecule has 1 rings (SSSR count). The fourth-order valence-electron chi connectivity index (χ4n) is 1.42. The Bertz CT molecular complexity index is 164. The van der Waals surface area contributed by atoms with E-state index in [1.54, 1.807) is 6.92 Å². The molecule has 0 bridgehead atoms. The summed E-state index contributed by atoms with van der Waals surface area (Å²) in [4.78, 5) is 10.9. The van der Waals surface area contributed by atoms with E-state index in [-0.39, 0.29) is 12.6 Å². The third-order valence-electron chi connectivity index (χ3n) is 2.22. The summed E-state index contributed by atoms with van der Waals surface area (Å²) in [5.41, 5.74) is 0. The van der Waals surface area contributed by atoms with Crippen molar-refractivity contribution in [3.05, 3.63) is 0 Å². The van der Waals surface area contributed by atoms with E-state index in [9.17, 15) is 4.79 Å². The Labute approximate surface area is 84.5 Å². The molecule has 1 aliphatic heterocycles. The SMILES string of the molecule is CCOC(=O)COCC1CCOCC1. The number of carbonyl (C=O) groups excluding carboxylic acids is 1. The van der Waals surface area contributed by atoms with Gasteiger partial charge >= 0.3 is 5.97 Å². The Morgan fingerprint density at radius 2 is 2.14 bits per heavy atom. The van der Waals surface area contributed by atoms with Crippen LogP contribution in [0.25, 0.3) is 0 Å². The van der Waals surface area contributed by atoms with Gasteiger partial charge in [0.05, 0.1) is 13.2 Å². The number of hydrogen-bond donors (Lipinski definition) is 0. The normalized spacial score (nSPS) is 18.1. The van der Waals surface area contributed by atoms with E-state index in [1.807, 2.05) is 0 Å². The molecular weight excluding hydrogens is 184 g/mol. The topological polar surface area (TPSA) is 44.8 Å². The summed E-state index contributed by atoms with van der Waals surface area (Å²) in [6.07, 6.45) is 2.06. The molecule has 0 saturated carbocycles. The Morgan fingerprint density at radius 3 is 2.79 bits per heavy atom. The van der Waals surface area contributed by atoms with Crippen LogP contribution in [0.15, 0.2) is 0 Å². The Morgan fingerprint density at radius 1 is 1.43 bits per heavy atom. The van der Waals surface area contributed by atoms with E-state index in [1.165, 1.54) is 0 Å². The molecule has 14 heavy (non-hydrogen) atoms. The lowest BCUT2D eigenvalue weighted by Gasteiger charge is -2.21. The molecule has 0 aromatic carbocycles. The Hall–Kier alpha value is -0.610. The fourth-order valence-corrected chi connectivity index (χ4v) is 1.42. The van der Waals surface area contributed by atoms with Crippen molar-refractivity contribution in [2.75, 3.05) is 33.0 Å². The van der Waals surface area contributed by atoms with Crippen LogP contribution in [0.2, 0.25) is 0 Å². The first kappa shape index (κ1) is 11.5. The van der Waals surface area contributed by atoms with Gasteiger partial charge in [0, 0.05) is 13.2 Å². The monoisotopic (exact) mass is 202 g/mol. The van der Waals surface area contributed by atoms with Crippen molar-refractivity contribution in [1.82, 2.24) is 0 Å². The molecule has 0 radical (unpaired) electrons. The van der Waals surface area contributed by atoms with Crippen molar-refractivity contribution in [3.8, 4) is 0 Å². The van der Waals surface area contributed by atoms with E-state index in [4.69, 9.17) is 14.2 Å². The van der Waals surface area contributed by atoms with Gasteiger partial charge in [-0.3, -0.25) is 0 Å². The third kappa shape index (κ3) is 4.58. The van der Waals surface area contributed by atoms with E-state index in [0.717, 1.165) is 26.1 Å². The molecule has 4 heteroatoms. The van der Waals surface area contributed by atoms with Crippen LogP contribution in [-0.2, 0) is 19.0 Å². The summed E-state index contributed by atoms with van der Waals surface area (Å²) in [5, 5.41) is 0. The van der Waals surface area contributed by atoms with E-state index >= 15 is 0 Å². The van der Waals surface area contributed by atoms with Crippen LogP contribution in [0, 0.1) is 5.92 Å². The van der Waals surface area contributed by atoms with Crippen LogP contribution in [0.3, 0.4) is 0 Å². The lowest BCUT2D eigenvalue weighted by Crippen LogP contribution is -2.22. The van der Waals surface area contributed by atoms with E-state index in [2.05, 4.69) is 0 Å². The van der Waals surface area contributed by atoms with Gasteiger partial charge < -0.3 is 14.2 Å². The number of esters is 1. The minimum absolute atomic E-state index is 0.0746. The summed E-state index contributed by atoms with van der Waals surface area (Å²) in [6, 6.07) is 0. The molecule has 82 valence electrons. The second-order valence-electron chi connectivity index (χ2n) is 3.38. The van der Waals surface area contributed by atoms with E-state index in [0.29, 0.717) is 19.1 Å². The van der Waals surface area contributed by atoms with Gasteiger partial charge in [0.15, 0.2) is 0 Å². The van der Waals surface area contributed by atoms with Gasteiger partial charge in [-0.25, -0.2) is 4.79 Å². The van der Waals surface area contributed by atoms with Crippen molar-refractivity contribution in [2.45, 2.75) is 19.8 Å². The number of ether oxygens (including phenoxy) is 3. The molecule has 0 N–H and O–H groups in total. The van der Waals surface area contributed by atoms with Crippen LogP contribution in [0.4, 0.5) is 0 Å². The zero-order valence-corrected chi connectivity index (χ0v) is 8.66. The summed E-state index contributed by atoms with van der Waals surface area (Å²) < 4.78 is 15.2. The third-order valence-corrected chi connectivity index (χ3v) is 2.22. The molecule has 4 nitrogen and oxygen atoms in total. The molecule has 0 spiro atoms. The van der Waals surface area contributed by atoms with Gasteiger partial charge in [0.1, 0.15) is 6.61 Å². The minimum atomic E-state index is -0.278. The lowest BCUT2D eigenvalue weighted by atomic mass is 10.0. The average molecular weight is 202 g/mol. The van der Waals surface area contributed by atoms with Gasteiger partial charge in [-0.2, -0.15) is 0 Å². The second kappa shape index (κ2) is 6.79. The molecule has 1 saturated heterocycles. The lowest BCUT2D eigenvalue weighted by molar-refractivity contribution is -0.149. The maximum atomic E-state index is 10.9. The summed E-state index contributed by atoms with van der Waals surface area (Å²) in [5.74, 6) is 0.262. The molecule has 0 aromatic heterocycles. The quantitative estimate of drug-likeness (QED) is 0.624. The van der Waals surface area contributed by atoms with Crippen molar-refractivity contribution >= 4 is 5.97 Å². The Balaban J connectivity index is 1.99. The number of rotatable bonds is 5. The smallest absolute Gasteiger partial charge is 0.332 e. The molecule has 1 aliphatic rings. The first-order chi connectivity index (χ1) is 6.83. The van der Waals surface area contributed by atoms with Crippen LogP contribution in [-0.4, -0.2) is 39.0 Å². The van der Waals surface area contributed by atoms with Crippen LogP contribution in [0.1, 0.15) is 19.8 Å². The van der Waals surface area contributed by atoms with Gasteiger partial charge in [0.2, 0.25) is 0 Å². The van der Waals surface area contributed by atoms with Gasteiger partial charge in [-0.1, -0.05) is 0 Å². The maximum Gasteiger partial charge on any atom is 0.332 e. The highest BCUT2D eigenvalue weighted by atomic mass is 16.6. The van der Waals surface area contributed by atoms with Gasteiger partial charge in [-0.05, 0) is 25.7 Å². The van der Waals surface area contributed by atoms with Crippen LogP contribution < -0.4 is 0 Å². The van der Waals surface area contributed by atoms with Gasteiger partial charge in [-0.15, -0.1) is 0 Å². The molecule has 0 aromatic rings.